The van der Waals surface area contributed by atoms with Gasteiger partial charge in [-0.1, -0.05) is 112 Å². The Bertz CT molecular complexity index is 917. The van der Waals surface area contributed by atoms with E-state index in [-0.39, 0.29) is 11.6 Å². The van der Waals surface area contributed by atoms with E-state index in [1.807, 2.05) is 66.7 Å². The second-order valence-corrected chi connectivity index (χ2v) is 12.8. The average Bonchev–Trinajstić information content (AvgIpc) is 2.77. The van der Waals surface area contributed by atoms with E-state index in [0.717, 1.165) is 5.56 Å². The van der Waals surface area contributed by atoms with Gasteiger partial charge in [0.05, 0.1) is 13.2 Å². The third-order valence-electron chi connectivity index (χ3n) is 5.42. The van der Waals surface area contributed by atoms with Gasteiger partial charge in [-0.25, -0.2) is 4.79 Å². The summed E-state index contributed by atoms with van der Waals surface area (Å²) in [5, 5.41) is 11.9. The Balaban J connectivity index is 1.89. The molecule has 0 aromatic heterocycles. The second-order valence-electron chi connectivity index (χ2n) is 8.53. The minimum atomic E-state index is -2.68. The van der Waals surface area contributed by atoms with Crippen LogP contribution in [0, 0.1) is 6.54 Å². The van der Waals surface area contributed by atoms with Crippen molar-refractivity contribution in [1.29, 1.82) is 0 Å². The Hall–Kier alpha value is -2.89. The lowest BCUT2D eigenvalue weighted by molar-refractivity contribution is 0.148. The molecule has 161 valence electrons. The molecule has 0 aliphatic rings. The molecule has 0 spiro atoms. The lowest BCUT2D eigenvalue weighted by atomic mass is 10.2. The van der Waals surface area contributed by atoms with Crippen LogP contribution >= 0.6 is 0 Å². The highest BCUT2D eigenvalue weighted by atomic mass is 28.4. The third-order valence-corrected chi connectivity index (χ3v) is 10.5. The highest BCUT2D eigenvalue weighted by Crippen LogP contribution is 2.36. The molecule has 0 bridgehead atoms. The van der Waals surface area contributed by atoms with Crippen molar-refractivity contribution in [2.75, 3.05) is 13.2 Å². The molecule has 1 N–H and O–H groups in total. The minimum Gasteiger partial charge on any atom is -0.465 e. The van der Waals surface area contributed by atoms with Crippen LogP contribution in [0.5, 0.6) is 0 Å². The Morgan fingerprint density at radius 2 is 1.32 bits per heavy atom. The van der Waals surface area contributed by atoms with E-state index >= 15 is 0 Å². The van der Waals surface area contributed by atoms with Gasteiger partial charge in [-0.05, 0) is 21.0 Å². The zero-order valence-corrected chi connectivity index (χ0v) is 19.4. The maximum absolute atomic E-state index is 11.8. The van der Waals surface area contributed by atoms with Crippen LogP contribution in [-0.2, 0) is 4.43 Å². The number of nitrogens with zero attached hydrogens (tertiary/aromatic N) is 1. The fraction of sp³-hybridized carbons (Fsp3) is 0.231. The number of carbonyl (C=O) groups is 1. The molecule has 5 heteroatoms. The lowest BCUT2D eigenvalue weighted by Gasteiger charge is -2.43. The first-order valence-electron chi connectivity index (χ1n) is 10.5. The van der Waals surface area contributed by atoms with Crippen LogP contribution in [0.3, 0.4) is 0 Å². The number of rotatable bonds is 8. The molecule has 0 atom stereocenters. The molecule has 0 fully saturated rings. The number of benzene rings is 3. The van der Waals surface area contributed by atoms with Crippen molar-refractivity contribution in [2.24, 2.45) is 0 Å². The van der Waals surface area contributed by atoms with Crippen molar-refractivity contribution in [3.8, 4) is 0 Å². The lowest BCUT2D eigenvalue weighted by Crippen LogP contribution is -2.67. The van der Waals surface area contributed by atoms with E-state index < -0.39 is 14.4 Å². The van der Waals surface area contributed by atoms with Crippen LogP contribution in [-0.4, -0.2) is 37.6 Å². The topological polar surface area (TPSA) is 49.8 Å². The normalized spacial score (nSPS) is 11.8. The van der Waals surface area contributed by atoms with E-state index in [1.165, 1.54) is 15.3 Å². The van der Waals surface area contributed by atoms with Crippen LogP contribution in [0.15, 0.2) is 91.0 Å². The average molecular weight is 433 g/mol. The molecule has 1 radical (unpaired) electrons. The maximum atomic E-state index is 11.8. The van der Waals surface area contributed by atoms with Crippen LogP contribution in [0.25, 0.3) is 0 Å². The molecule has 0 aliphatic heterocycles. The van der Waals surface area contributed by atoms with Crippen molar-refractivity contribution in [2.45, 2.75) is 25.8 Å². The fourth-order valence-electron chi connectivity index (χ4n) is 3.99. The maximum Gasteiger partial charge on any atom is 0.407 e. The van der Waals surface area contributed by atoms with E-state index in [1.54, 1.807) is 6.54 Å². The quantitative estimate of drug-likeness (QED) is 0.523. The van der Waals surface area contributed by atoms with Gasteiger partial charge in [0, 0.05) is 6.54 Å². The smallest absolute Gasteiger partial charge is 0.407 e. The zero-order chi connectivity index (χ0) is 22.3. The van der Waals surface area contributed by atoms with Crippen molar-refractivity contribution in [1.82, 2.24) is 4.90 Å². The Morgan fingerprint density at radius 3 is 1.74 bits per heavy atom. The van der Waals surface area contributed by atoms with Crippen LogP contribution in [0.4, 0.5) is 4.79 Å². The molecule has 3 aromatic carbocycles. The molecular formula is C26H30NO3Si. The fourth-order valence-corrected chi connectivity index (χ4v) is 8.55. The standard InChI is InChI=1S/C26H30NO3Si/c1-26(2,3)31(23-15-9-5-10-16-23,24-17-11-6-12-18-24)30-20-19-27(25(28)29)21-22-13-7-4-8-14-22/h4-18,21H,19-20H2,1-3H3,(H,28,29). The summed E-state index contributed by atoms with van der Waals surface area (Å²) < 4.78 is 6.80. The molecular weight excluding hydrogens is 402 g/mol. The van der Waals surface area contributed by atoms with Gasteiger partial charge in [-0.15, -0.1) is 0 Å². The van der Waals surface area contributed by atoms with Gasteiger partial charge in [-0.2, -0.15) is 0 Å². The van der Waals surface area contributed by atoms with Gasteiger partial charge in [0.25, 0.3) is 8.32 Å². The molecule has 3 rings (SSSR count). The Morgan fingerprint density at radius 1 is 0.871 bits per heavy atom. The molecule has 0 unspecified atom stereocenters. The molecule has 0 heterocycles. The van der Waals surface area contributed by atoms with Crippen molar-refractivity contribution < 1.29 is 14.3 Å². The van der Waals surface area contributed by atoms with Gasteiger partial charge >= 0.3 is 6.09 Å². The summed E-state index contributed by atoms with van der Waals surface area (Å²) in [5.41, 5.74) is 0.843. The molecule has 1 amide bonds. The highest BCUT2D eigenvalue weighted by molar-refractivity contribution is 6.99. The van der Waals surface area contributed by atoms with Gasteiger partial charge in [0.2, 0.25) is 0 Å². The summed E-state index contributed by atoms with van der Waals surface area (Å²) in [7, 11) is -2.68. The second kappa shape index (κ2) is 9.94. The van der Waals surface area contributed by atoms with Gasteiger partial charge in [-0.3, -0.25) is 4.90 Å². The molecule has 4 nitrogen and oxygen atoms in total. The highest BCUT2D eigenvalue weighted by Gasteiger charge is 2.50. The summed E-state index contributed by atoms with van der Waals surface area (Å²) >= 11 is 0. The summed E-state index contributed by atoms with van der Waals surface area (Å²) in [6, 6.07) is 30.2. The largest absolute Gasteiger partial charge is 0.465 e. The van der Waals surface area contributed by atoms with Crippen molar-refractivity contribution in [3.63, 3.8) is 0 Å². The Labute approximate surface area is 186 Å². The molecule has 31 heavy (non-hydrogen) atoms. The van der Waals surface area contributed by atoms with Crippen LogP contribution < -0.4 is 10.4 Å². The number of hydrogen-bond donors (Lipinski definition) is 1. The first-order chi connectivity index (χ1) is 14.8. The number of amides is 1. The summed E-state index contributed by atoms with van der Waals surface area (Å²) in [6.07, 6.45) is -0.991. The number of carboxylic acid groups (broad SMARTS) is 1. The van der Waals surface area contributed by atoms with Crippen LogP contribution in [0.2, 0.25) is 5.04 Å². The van der Waals surface area contributed by atoms with Gasteiger partial charge in [0.15, 0.2) is 0 Å². The molecule has 0 saturated carbocycles. The van der Waals surface area contributed by atoms with E-state index in [4.69, 9.17) is 4.43 Å². The van der Waals surface area contributed by atoms with E-state index in [2.05, 4.69) is 45.0 Å². The van der Waals surface area contributed by atoms with Crippen molar-refractivity contribution >= 4 is 24.8 Å². The summed E-state index contributed by atoms with van der Waals surface area (Å²) in [4.78, 5) is 13.1. The SMILES string of the molecule is CC(C)(C)[Si](OCCN([CH]c1ccccc1)C(=O)O)(c1ccccc1)c1ccccc1. The van der Waals surface area contributed by atoms with E-state index in [0.29, 0.717) is 6.61 Å². The van der Waals surface area contributed by atoms with Gasteiger partial charge in [0.1, 0.15) is 0 Å². The van der Waals surface area contributed by atoms with E-state index in [9.17, 15) is 9.90 Å². The third kappa shape index (κ3) is 5.24. The molecule has 0 saturated heterocycles. The predicted molar refractivity (Wildman–Crippen MR) is 128 cm³/mol. The number of hydrogen-bond acceptors (Lipinski definition) is 2. The zero-order valence-electron chi connectivity index (χ0n) is 18.4. The van der Waals surface area contributed by atoms with Crippen molar-refractivity contribution in [3.05, 3.63) is 103 Å². The van der Waals surface area contributed by atoms with Crippen LogP contribution in [0.1, 0.15) is 26.3 Å². The minimum absolute atomic E-state index is 0.146. The summed E-state index contributed by atoms with van der Waals surface area (Å²) in [5.74, 6) is 0. The van der Waals surface area contributed by atoms with Gasteiger partial charge < -0.3 is 9.53 Å². The monoisotopic (exact) mass is 432 g/mol. The first-order valence-corrected chi connectivity index (χ1v) is 12.4. The predicted octanol–water partition coefficient (Wildman–Crippen LogP) is 4.75. The first kappa shape index (κ1) is 22.8. The molecule has 0 aliphatic carbocycles. The Kier molecular flexibility index (Phi) is 7.31. The molecule has 3 aromatic rings. The summed E-state index contributed by atoms with van der Waals surface area (Å²) in [6.45, 7) is 8.85.